The molecular weight excluding hydrogens is 391 g/mol. The maximum absolute atomic E-state index is 12.9. The van der Waals surface area contributed by atoms with Crippen molar-refractivity contribution in [3.63, 3.8) is 0 Å². The second kappa shape index (κ2) is 6.96. The Hall–Kier alpha value is -1.84. The zero-order chi connectivity index (χ0) is 18.1. The van der Waals surface area contributed by atoms with Crippen molar-refractivity contribution >= 4 is 21.8 Å². The number of nitrogens with one attached hydrogen (secondary N) is 1. The average molecular weight is 408 g/mol. The molecule has 0 saturated carbocycles. The van der Waals surface area contributed by atoms with Crippen LogP contribution in [0.1, 0.15) is 36.8 Å². The third kappa shape index (κ3) is 3.80. The van der Waals surface area contributed by atoms with Crippen LogP contribution >= 0.6 is 15.9 Å². The third-order valence-electron chi connectivity index (χ3n) is 3.57. The molecule has 6 nitrogen and oxygen atoms in total. The molecule has 1 atom stereocenters. The zero-order valence-corrected chi connectivity index (χ0v) is 14.9. The van der Waals surface area contributed by atoms with E-state index in [1.165, 1.54) is 13.8 Å². The molecule has 2 heterocycles. The molecule has 0 unspecified atom stereocenters. The highest BCUT2D eigenvalue weighted by Crippen LogP contribution is 2.36. The fourth-order valence-corrected chi connectivity index (χ4v) is 2.66. The average Bonchev–Trinajstić information content (AvgIpc) is 3.09. The highest BCUT2D eigenvalue weighted by molar-refractivity contribution is 9.10. The lowest BCUT2D eigenvalue weighted by molar-refractivity contribution is -0.142. The first kappa shape index (κ1) is 18.5. The molecular formula is C14H17BrF3N5O. The van der Waals surface area contributed by atoms with Gasteiger partial charge in [0.25, 0.3) is 0 Å². The largest absolute Gasteiger partial charge is 0.436 e. The van der Waals surface area contributed by atoms with Gasteiger partial charge in [-0.05, 0) is 36.7 Å². The quantitative estimate of drug-likeness (QED) is 0.827. The van der Waals surface area contributed by atoms with Crippen molar-refractivity contribution in [1.29, 1.82) is 0 Å². The Kier molecular flexibility index (Phi) is 5.36. The van der Waals surface area contributed by atoms with Crippen molar-refractivity contribution in [2.75, 3.05) is 0 Å². The van der Waals surface area contributed by atoms with E-state index in [4.69, 9.17) is 0 Å². The number of nitrogens with zero attached hydrogens (tertiary/aromatic N) is 4. The van der Waals surface area contributed by atoms with E-state index < -0.39 is 23.8 Å². The van der Waals surface area contributed by atoms with Crippen molar-refractivity contribution in [2.45, 2.75) is 46.1 Å². The summed E-state index contributed by atoms with van der Waals surface area (Å²) in [5.41, 5.74) is 0.0133. The summed E-state index contributed by atoms with van der Waals surface area (Å²) in [6.45, 7) is 5.87. The van der Waals surface area contributed by atoms with Crippen molar-refractivity contribution in [2.24, 2.45) is 0 Å². The number of amides is 1. The maximum Gasteiger partial charge on any atom is 0.436 e. The van der Waals surface area contributed by atoms with Gasteiger partial charge in [-0.1, -0.05) is 0 Å². The van der Waals surface area contributed by atoms with E-state index in [0.717, 1.165) is 10.2 Å². The molecule has 132 valence electrons. The van der Waals surface area contributed by atoms with Crippen LogP contribution in [0.2, 0.25) is 0 Å². The fourth-order valence-electron chi connectivity index (χ4n) is 2.18. The lowest BCUT2D eigenvalue weighted by Crippen LogP contribution is -2.31. The van der Waals surface area contributed by atoms with Gasteiger partial charge in [0, 0.05) is 24.8 Å². The summed E-state index contributed by atoms with van der Waals surface area (Å²) < 4.78 is 41.3. The summed E-state index contributed by atoms with van der Waals surface area (Å²) in [7, 11) is 0. The van der Waals surface area contributed by atoms with E-state index in [2.05, 4.69) is 31.4 Å². The van der Waals surface area contributed by atoms with Gasteiger partial charge < -0.3 is 5.32 Å². The van der Waals surface area contributed by atoms with Gasteiger partial charge in [0.2, 0.25) is 5.91 Å². The second-order valence-electron chi connectivity index (χ2n) is 5.29. The Morgan fingerprint density at radius 2 is 2.12 bits per heavy atom. The molecule has 0 aliphatic carbocycles. The SMILES string of the molecule is CCn1cc(CNC(=O)[C@@H](C)n2nc(C(F)(F)F)c(Br)c2C)cn1. The Balaban J connectivity index is 2.10. The number of aryl methyl sites for hydroxylation is 1. The molecule has 0 radical (unpaired) electrons. The minimum absolute atomic E-state index is 0.154. The number of aromatic nitrogens is 4. The first-order valence-electron chi connectivity index (χ1n) is 7.26. The van der Waals surface area contributed by atoms with Crippen LogP contribution in [0.3, 0.4) is 0 Å². The standard InChI is InChI=1S/C14H17BrF3N5O/c1-4-22-7-10(6-20-22)5-19-13(24)9(3)23-8(2)11(15)12(21-23)14(16,17)18/h6-7,9H,4-5H2,1-3H3,(H,19,24)/t9-/m1/s1. The molecule has 24 heavy (non-hydrogen) atoms. The first-order chi connectivity index (χ1) is 11.1. The fraction of sp³-hybridized carbons (Fsp3) is 0.500. The molecule has 0 aliphatic rings. The van der Waals surface area contributed by atoms with Crippen LogP contribution in [0.25, 0.3) is 0 Å². The Bertz CT molecular complexity index is 737. The van der Waals surface area contributed by atoms with Gasteiger partial charge in [-0.2, -0.15) is 23.4 Å². The number of carbonyl (C=O) groups is 1. The summed E-state index contributed by atoms with van der Waals surface area (Å²) in [6, 6.07) is -0.876. The molecule has 1 amide bonds. The lowest BCUT2D eigenvalue weighted by Gasteiger charge is -2.14. The molecule has 0 saturated heterocycles. The predicted molar refractivity (Wildman–Crippen MR) is 84.1 cm³/mol. The van der Waals surface area contributed by atoms with Crippen LogP contribution in [0.15, 0.2) is 16.9 Å². The van der Waals surface area contributed by atoms with E-state index in [1.807, 2.05) is 6.92 Å². The van der Waals surface area contributed by atoms with Gasteiger partial charge in [-0.25, -0.2) is 0 Å². The van der Waals surface area contributed by atoms with Crippen LogP contribution in [-0.2, 0) is 24.1 Å². The summed E-state index contributed by atoms with van der Waals surface area (Å²) >= 11 is 2.89. The van der Waals surface area contributed by atoms with E-state index in [9.17, 15) is 18.0 Å². The third-order valence-corrected chi connectivity index (χ3v) is 4.52. The molecule has 2 aromatic rings. The first-order valence-corrected chi connectivity index (χ1v) is 8.05. The highest BCUT2D eigenvalue weighted by atomic mass is 79.9. The molecule has 1 N–H and O–H groups in total. The number of hydrogen-bond donors (Lipinski definition) is 1. The van der Waals surface area contributed by atoms with Gasteiger partial charge in [0.05, 0.1) is 16.4 Å². The molecule has 0 aromatic carbocycles. The molecule has 2 aromatic heterocycles. The lowest BCUT2D eigenvalue weighted by atomic mass is 10.3. The molecule has 10 heteroatoms. The van der Waals surface area contributed by atoms with Crippen LogP contribution in [-0.4, -0.2) is 25.5 Å². The Morgan fingerprint density at radius 1 is 1.46 bits per heavy atom. The smallest absolute Gasteiger partial charge is 0.350 e. The molecule has 0 bridgehead atoms. The number of carbonyl (C=O) groups excluding carboxylic acids is 1. The van der Waals surface area contributed by atoms with Crippen molar-refractivity contribution in [3.05, 3.63) is 33.8 Å². The summed E-state index contributed by atoms with van der Waals surface area (Å²) in [4.78, 5) is 12.2. The van der Waals surface area contributed by atoms with Crippen molar-refractivity contribution < 1.29 is 18.0 Å². The van der Waals surface area contributed by atoms with Crippen molar-refractivity contribution in [1.82, 2.24) is 24.9 Å². The van der Waals surface area contributed by atoms with Gasteiger partial charge >= 0.3 is 6.18 Å². The number of rotatable bonds is 5. The topological polar surface area (TPSA) is 64.7 Å². The minimum atomic E-state index is -4.58. The van der Waals surface area contributed by atoms with E-state index in [1.54, 1.807) is 17.1 Å². The molecule has 0 aliphatic heterocycles. The Morgan fingerprint density at radius 3 is 2.62 bits per heavy atom. The Labute approximate surface area is 145 Å². The summed E-state index contributed by atoms with van der Waals surface area (Å²) in [6.07, 6.45) is -1.16. The minimum Gasteiger partial charge on any atom is -0.350 e. The van der Waals surface area contributed by atoms with E-state index in [-0.39, 0.29) is 16.7 Å². The number of halogens is 4. The maximum atomic E-state index is 12.9. The van der Waals surface area contributed by atoms with Gasteiger partial charge in [-0.3, -0.25) is 14.2 Å². The van der Waals surface area contributed by atoms with Gasteiger partial charge in [0.15, 0.2) is 5.69 Å². The second-order valence-corrected chi connectivity index (χ2v) is 6.08. The summed E-state index contributed by atoms with van der Waals surface area (Å²) in [5, 5.41) is 10.3. The monoisotopic (exact) mass is 407 g/mol. The van der Waals surface area contributed by atoms with Crippen LogP contribution in [0, 0.1) is 6.92 Å². The van der Waals surface area contributed by atoms with Crippen LogP contribution in [0.5, 0.6) is 0 Å². The zero-order valence-electron chi connectivity index (χ0n) is 13.4. The molecule has 2 rings (SSSR count). The van der Waals surface area contributed by atoms with E-state index >= 15 is 0 Å². The van der Waals surface area contributed by atoms with Crippen molar-refractivity contribution in [3.8, 4) is 0 Å². The molecule has 0 spiro atoms. The normalized spacial score (nSPS) is 13.1. The molecule has 0 fully saturated rings. The van der Waals surface area contributed by atoms with Crippen LogP contribution < -0.4 is 5.32 Å². The number of hydrogen-bond acceptors (Lipinski definition) is 3. The summed E-state index contributed by atoms with van der Waals surface area (Å²) in [5.74, 6) is -0.425. The predicted octanol–water partition coefficient (Wildman–Crippen LogP) is 3.07. The van der Waals surface area contributed by atoms with Gasteiger partial charge in [-0.15, -0.1) is 0 Å². The highest BCUT2D eigenvalue weighted by Gasteiger charge is 2.38. The van der Waals surface area contributed by atoms with Crippen LogP contribution in [0.4, 0.5) is 13.2 Å². The van der Waals surface area contributed by atoms with Gasteiger partial charge in [0.1, 0.15) is 6.04 Å². The van der Waals surface area contributed by atoms with E-state index in [0.29, 0.717) is 6.54 Å². The number of alkyl halides is 3.